The molecule has 2 bridgehead atoms. The third kappa shape index (κ3) is 5.03. The lowest BCUT2D eigenvalue weighted by Gasteiger charge is -2.32. The van der Waals surface area contributed by atoms with Gasteiger partial charge in [0.2, 0.25) is 11.8 Å². The summed E-state index contributed by atoms with van der Waals surface area (Å²) in [5, 5.41) is 7.91. The first-order chi connectivity index (χ1) is 20.4. The number of hydrogen-bond donors (Lipinski definition) is 1. The average Bonchev–Trinajstić information content (AvgIpc) is 3.69. The van der Waals surface area contributed by atoms with E-state index in [-0.39, 0.29) is 5.91 Å². The Bertz CT molecular complexity index is 1660. The number of benzene rings is 1. The van der Waals surface area contributed by atoms with Crippen molar-refractivity contribution in [2.75, 3.05) is 56.6 Å². The zero-order valence-corrected chi connectivity index (χ0v) is 24.5. The summed E-state index contributed by atoms with van der Waals surface area (Å²) in [5.41, 5.74) is 6.21. The van der Waals surface area contributed by atoms with E-state index in [0.717, 1.165) is 80.3 Å². The van der Waals surface area contributed by atoms with E-state index in [0.29, 0.717) is 29.9 Å². The highest BCUT2D eigenvalue weighted by Crippen LogP contribution is 2.36. The average molecular weight is 568 g/mol. The molecule has 0 spiro atoms. The standard InChI is InChI=1S/C31H37N9O2/c1-21-5-4-12-42-30-25(17-33-37(30)3)27-15-23(14-24-16-32-20-40(24)27)29(41)35-31-34-26-7-6-22(13-28(26)39(31)18-21)19-38-10-8-36(2)9-11-38/h6-7,13-17,20-21H,4-5,8-12,18-19H2,1-3H3,(H,34,35,41). The molecule has 1 aromatic carbocycles. The molecule has 7 rings (SSSR count). The Hall–Kier alpha value is -4.22. The first kappa shape index (κ1) is 26.7. The largest absolute Gasteiger partial charge is 0.477 e. The van der Waals surface area contributed by atoms with Crippen LogP contribution in [0.2, 0.25) is 0 Å². The number of aromatic nitrogens is 4. The molecule has 11 heteroatoms. The second-order valence-electron chi connectivity index (χ2n) is 11.8. The number of rotatable bonds is 2. The molecule has 3 aliphatic rings. The first-order valence-electron chi connectivity index (χ1n) is 14.8. The van der Waals surface area contributed by atoms with Gasteiger partial charge in [-0.15, -0.1) is 0 Å². The van der Waals surface area contributed by atoms with Gasteiger partial charge in [0.15, 0.2) is 0 Å². The Morgan fingerprint density at radius 2 is 1.93 bits per heavy atom. The van der Waals surface area contributed by atoms with Crippen LogP contribution in [0.3, 0.4) is 0 Å². The van der Waals surface area contributed by atoms with Crippen LogP contribution in [0.5, 0.6) is 5.88 Å². The number of ether oxygens (including phenoxy) is 1. The molecule has 0 aliphatic carbocycles. The molecule has 3 aromatic heterocycles. The maximum absolute atomic E-state index is 13.8. The number of piperazine rings is 1. The van der Waals surface area contributed by atoms with Gasteiger partial charge in [-0.2, -0.15) is 10.1 Å². The molecule has 4 aromatic rings. The fraction of sp³-hybridized carbons (Fsp3) is 0.419. The summed E-state index contributed by atoms with van der Waals surface area (Å²) in [6.45, 7) is 8.80. The third-order valence-corrected chi connectivity index (χ3v) is 8.57. The predicted molar refractivity (Wildman–Crippen MR) is 163 cm³/mol. The maximum atomic E-state index is 13.8. The number of aryl methyl sites for hydroxylation is 1. The van der Waals surface area contributed by atoms with Crippen molar-refractivity contribution in [3.8, 4) is 17.1 Å². The van der Waals surface area contributed by atoms with Crippen molar-refractivity contribution in [1.29, 1.82) is 0 Å². The van der Waals surface area contributed by atoms with Crippen molar-refractivity contribution < 1.29 is 9.53 Å². The molecule has 11 nitrogen and oxygen atoms in total. The zero-order valence-electron chi connectivity index (χ0n) is 24.5. The van der Waals surface area contributed by atoms with Gasteiger partial charge in [0.25, 0.3) is 5.91 Å². The van der Waals surface area contributed by atoms with Crippen LogP contribution in [-0.2, 0) is 13.6 Å². The smallest absolute Gasteiger partial charge is 0.280 e. The lowest BCUT2D eigenvalue weighted by atomic mass is 10.0. The summed E-state index contributed by atoms with van der Waals surface area (Å²) in [4.78, 5) is 29.9. The zero-order chi connectivity index (χ0) is 28.8. The SMILES string of the molecule is CC1CCCOc2c(cnn2C)-c2cc(cc3cncn23)C(=O)/N=C2\Nc3ccc(CN4CCN(C)CC4)cc3N2C1. The summed E-state index contributed by atoms with van der Waals surface area (Å²) in [6.07, 6.45) is 7.14. The van der Waals surface area contributed by atoms with Crippen LogP contribution >= 0.6 is 0 Å². The number of anilines is 2. The Kier molecular flexibility index (Phi) is 6.91. The van der Waals surface area contributed by atoms with E-state index in [9.17, 15) is 4.79 Å². The molecule has 1 saturated heterocycles. The molecule has 0 saturated carbocycles. The van der Waals surface area contributed by atoms with Crippen molar-refractivity contribution in [3.05, 3.63) is 60.2 Å². The molecule has 1 N–H and O–H groups in total. The van der Waals surface area contributed by atoms with Crippen molar-refractivity contribution in [3.63, 3.8) is 0 Å². The highest BCUT2D eigenvalue weighted by atomic mass is 16.5. The van der Waals surface area contributed by atoms with Gasteiger partial charge in [0.05, 0.1) is 53.5 Å². The van der Waals surface area contributed by atoms with E-state index < -0.39 is 0 Å². The van der Waals surface area contributed by atoms with Gasteiger partial charge < -0.3 is 19.9 Å². The van der Waals surface area contributed by atoms with E-state index in [1.54, 1.807) is 23.4 Å². The Balaban J connectivity index is 1.26. The van der Waals surface area contributed by atoms with Gasteiger partial charge in [0, 0.05) is 51.9 Å². The quantitative estimate of drug-likeness (QED) is 0.392. The fourth-order valence-corrected chi connectivity index (χ4v) is 6.14. The van der Waals surface area contributed by atoms with E-state index >= 15 is 0 Å². The van der Waals surface area contributed by atoms with Crippen LogP contribution in [0.15, 0.2) is 54.0 Å². The number of likely N-dealkylation sites (N-methyl/N-ethyl adjacent to an activating group) is 1. The number of aliphatic imine (C=N–C) groups is 1. The Morgan fingerprint density at radius 3 is 2.79 bits per heavy atom. The summed E-state index contributed by atoms with van der Waals surface area (Å²) in [6, 6.07) is 10.3. The van der Waals surface area contributed by atoms with Crippen molar-refractivity contribution in [1.82, 2.24) is 29.0 Å². The van der Waals surface area contributed by atoms with Crippen LogP contribution in [-0.4, -0.2) is 87.2 Å². The van der Waals surface area contributed by atoms with Crippen LogP contribution in [0.1, 0.15) is 35.7 Å². The second kappa shape index (κ2) is 10.9. The van der Waals surface area contributed by atoms with E-state index in [1.807, 2.05) is 23.6 Å². The van der Waals surface area contributed by atoms with Gasteiger partial charge in [-0.3, -0.25) is 14.1 Å². The van der Waals surface area contributed by atoms with Crippen LogP contribution < -0.4 is 15.0 Å². The molecule has 3 aliphatic heterocycles. The number of nitrogens with one attached hydrogen (secondary N) is 1. The highest BCUT2D eigenvalue weighted by Gasteiger charge is 2.29. The second-order valence-corrected chi connectivity index (χ2v) is 11.8. The van der Waals surface area contributed by atoms with E-state index in [2.05, 4.69) is 67.3 Å². The van der Waals surface area contributed by atoms with Gasteiger partial charge >= 0.3 is 0 Å². The number of fused-ring (bicyclic) bond motifs is 9. The monoisotopic (exact) mass is 567 g/mol. The molecule has 6 heterocycles. The number of carbonyl (C=O) groups excluding carboxylic acids is 1. The number of pyridine rings is 1. The highest BCUT2D eigenvalue weighted by molar-refractivity contribution is 6.19. The third-order valence-electron chi connectivity index (χ3n) is 8.57. The molecule has 0 radical (unpaired) electrons. The minimum Gasteiger partial charge on any atom is -0.477 e. The topological polar surface area (TPSA) is 95.5 Å². The first-order valence-corrected chi connectivity index (χ1v) is 14.8. The number of hydrogen-bond acceptors (Lipinski definition) is 8. The molecule has 1 unspecified atom stereocenters. The predicted octanol–water partition coefficient (Wildman–Crippen LogP) is 3.72. The van der Waals surface area contributed by atoms with Crippen molar-refractivity contribution in [2.45, 2.75) is 26.3 Å². The maximum Gasteiger partial charge on any atom is 0.280 e. The summed E-state index contributed by atoms with van der Waals surface area (Å²) in [5.74, 6) is 1.28. The number of imidazole rings is 1. The fourth-order valence-electron chi connectivity index (χ4n) is 6.14. The Morgan fingerprint density at radius 1 is 1.07 bits per heavy atom. The molecule has 1 amide bonds. The molecule has 1 fully saturated rings. The lowest BCUT2D eigenvalue weighted by Crippen LogP contribution is -2.43. The van der Waals surface area contributed by atoms with Crippen LogP contribution in [0, 0.1) is 5.92 Å². The van der Waals surface area contributed by atoms with Crippen molar-refractivity contribution >= 4 is 28.8 Å². The number of carbonyl (C=O) groups is 1. The lowest BCUT2D eigenvalue weighted by molar-refractivity contribution is 0.100. The number of guanidine groups is 1. The van der Waals surface area contributed by atoms with Crippen LogP contribution in [0.4, 0.5) is 11.4 Å². The van der Waals surface area contributed by atoms with Gasteiger partial charge in [0.1, 0.15) is 0 Å². The summed E-state index contributed by atoms with van der Waals surface area (Å²) >= 11 is 0. The molecular weight excluding hydrogens is 530 g/mol. The van der Waals surface area contributed by atoms with Gasteiger partial charge in [-0.05, 0) is 55.6 Å². The summed E-state index contributed by atoms with van der Waals surface area (Å²) in [7, 11) is 4.05. The number of nitrogens with zero attached hydrogens (tertiary/aromatic N) is 8. The van der Waals surface area contributed by atoms with Gasteiger partial charge in [-0.25, -0.2) is 9.67 Å². The Labute approximate surface area is 245 Å². The number of amides is 1. The van der Waals surface area contributed by atoms with E-state index in [1.165, 1.54) is 5.56 Å². The molecule has 218 valence electrons. The minimum absolute atomic E-state index is 0.313. The molecule has 42 heavy (non-hydrogen) atoms. The van der Waals surface area contributed by atoms with Crippen molar-refractivity contribution in [2.24, 2.45) is 18.0 Å². The van der Waals surface area contributed by atoms with Crippen LogP contribution in [0.25, 0.3) is 16.8 Å². The molecule has 1 atom stereocenters. The minimum atomic E-state index is -0.313. The molecular formula is C31H37N9O2. The summed E-state index contributed by atoms with van der Waals surface area (Å²) < 4.78 is 9.98. The van der Waals surface area contributed by atoms with Gasteiger partial charge in [-0.1, -0.05) is 13.0 Å². The van der Waals surface area contributed by atoms with E-state index in [4.69, 9.17) is 4.74 Å². The normalized spacial score (nSPS) is 21.4.